The molecule has 1 aromatic rings. The molecule has 0 aromatic carbocycles. The normalized spacial score (nSPS) is 18.2. The fraction of sp³-hybridized carbons (Fsp3) is 0.714. The number of nitrogens with one attached hydrogen (secondary N) is 1. The minimum atomic E-state index is -0.212. The van der Waals surface area contributed by atoms with Gasteiger partial charge in [0.15, 0.2) is 0 Å². The zero-order valence-corrected chi connectivity index (χ0v) is 11.9. The van der Waals surface area contributed by atoms with E-state index in [2.05, 4.69) is 22.2 Å². The smallest absolute Gasteiger partial charge is 0.247 e. The van der Waals surface area contributed by atoms with Gasteiger partial charge in [-0.25, -0.2) is 0 Å². The Kier molecular flexibility index (Phi) is 4.96. The second-order valence-corrected chi connectivity index (χ2v) is 5.17. The lowest BCUT2D eigenvalue weighted by atomic mass is 10.0. The standard InChI is InChI=1S/C14H24N4O/c1-3-10-17(13-5-8-15-9-6-13)14(19)12(2)18-11-4-7-16-18/h4,7,11-13,15H,3,5-6,8-10H2,1-2H3. The van der Waals surface area contributed by atoms with E-state index in [1.807, 2.05) is 19.2 Å². The van der Waals surface area contributed by atoms with E-state index in [1.165, 1.54) is 0 Å². The predicted octanol–water partition coefficient (Wildman–Crippen LogP) is 1.43. The average Bonchev–Trinajstić information content (AvgIpc) is 2.98. The molecule has 1 N–H and O–H groups in total. The Morgan fingerprint density at radius 2 is 2.26 bits per heavy atom. The van der Waals surface area contributed by atoms with Crippen molar-refractivity contribution in [3.8, 4) is 0 Å². The molecule has 1 unspecified atom stereocenters. The summed E-state index contributed by atoms with van der Waals surface area (Å²) in [5.41, 5.74) is 0. The molecule has 1 fully saturated rings. The molecule has 0 aliphatic carbocycles. The summed E-state index contributed by atoms with van der Waals surface area (Å²) in [5, 5.41) is 7.53. The first-order chi connectivity index (χ1) is 9.24. The van der Waals surface area contributed by atoms with Gasteiger partial charge in [0, 0.05) is 25.0 Å². The molecule has 5 heteroatoms. The molecule has 0 bridgehead atoms. The van der Waals surface area contributed by atoms with Crippen LogP contribution in [0.5, 0.6) is 0 Å². The van der Waals surface area contributed by atoms with Crippen molar-refractivity contribution < 1.29 is 4.79 Å². The van der Waals surface area contributed by atoms with Gasteiger partial charge in [-0.15, -0.1) is 0 Å². The van der Waals surface area contributed by atoms with Crippen LogP contribution in [-0.4, -0.2) is 46.3 Å². The van der Waals surface area contributed by atoms with E-state index in [4.69, 9.17) is 0 Å². The maximum atomic E-state index is 12.7. The number of hydrogen-bond acceptors (Lipinski definition) is 3. The first-order valence-electron chi connectivity index (χ1n) is 7.24. The summed E-state index contributed by atoms with van der Waals surface area (Å²) in [6.07, 6.45) is 6.68. The molecule has 1 atom stereocenters. The molecule has 1 saturated heterocycles. The number of aromatic nitrogens is 2. The number of amides is 1. The lowest BCUT2D eigenvalue weighted by Gasteiger charge is -2.36. The van der Waals surface area contributed by atoms with Crippen LogP contribution in [0.25, 0.3) is 0 Å². The van der Waals surface area contributed by atoms with Crippen LogP contribution in [-0.2, 0) is 4.79 Å². The highest BCUT2D eigenvalue weighted by Crippen LogP contribution is 2.17. The van der Waals surface area contributed by atoms with Crippen LogP contribution in [0.4, 0.5) is 0 Å². The quantitative estimate of drug-likeness (QED) is 0.875. The van der Waals surface area contributed by atoms with Crippen molar-refractivity contribution in [1.29, 1.82) is 0 Å². The van der Waals surface area contributed by atoms with Crippen molar-refractivity contribution >= 4 is 5.91 Å². The van der Waals surface area contributed by atoms with Gasteiger partial charge in [-0.1, -0.05) is 6.92 Å². The molecule has 1 amide bonds. The third-order valence-electron chi connectivity index (χ3n) is 3.78. The highest BCUT2D eigenvalue weighted by Gasteiger charge is 2.28. The average molecular weight is 264 g/mol. The molecule has 0 spiro atoms. The first-order valence-corrected chi connectivity index (χ1v) is 7.24. The van der Waals surface area contributed by atoms with Crippen LogP contribution in [0.15, 0.2) is 18.5 Å². The van der Waals surface area contributed by atoms with Crippen molar-refractivity contribution in [2.45, 2.75) is 45.2 Å². The maximum absolute atomic E-state index is 12.7. The Balaban J connectivity index is 2.06. The fourth-order valence-corrected chi connectivity index (χ4v) is 2.69. The van der Waals surface area contributed by atoms with Gasteiger partial charge >= 0.3 is 0 Å². The van der Waals surface area contributed by atoms with E-state index in [0.29, 0.717) is 6.04 Å². The van der Waals surface area contributed by atoms with Crippen LogP contribution in [0.2, 0.25) is 0 Å². The second kappa shape index (κ2) is 6.70. The van der Waals surface area contributed by atoms with Crippen LogP contribution >= 0.6 is 0 Å². The van der Waals surface area contributed by atoms with E-state index in [-0.39, 0.29) is 11.9 Å². The molecule has 1 aliphatic rings. The third kappa shape index (κ3) is 3.35. The number of rotatable bonds is 5. The summed E-state index contributed by atoms with van der Waals surface area (Å²) in [7, 11) is 0. The van der Waals surface area contributed by atoms with E-state index in [9.17, 15) is 4.79 Å². The van der Waals surface area contributed by atoms with Crippen LogP contribution < -0.4 is 5.32 Å². The largest absolute Gasteiger partial charge is 0.338 e. The molecular weight excluding hydrogens is 240 g/mol. The highest BCUT2D eigenvalue weighted by molar-refractivity contribution is 5.80. The van der Waals surface area contributed by atoms with Crippen molar-refractivity contribution in [3.05, 3.63) is 18.5 Å². The van der Waals surface area contributed by atoms with E-state index in [1.54, 1.807) is 10.9 Å². The van der Waals surface area contributed by atoms with Gasteiger partial charge in [-0.2, -0.15) is 5.10 Å². The second-order valence-electron chi connectivity index (χ2n) is 5.17. The van der Waals surface area contributed by atoms with E-state index in [0.717, 1.165) is 38.9 Å². The predicted molar refractivity (Wildman–Crippen MR) is 74.8 cm³/mol. The van der Waals surface area contributed by atoms with E-state index >= 15 is 0 Å². The topological polar surface area (TPSA) is 50.2 Å². The van der Waals surface area contributed by atoms with Gasteiger partial charge in [0.05, 0.1) is 0 Å². The highest BCUT2D eigenvalue weighted by atomic mass is 16.2. The maximum Gasteiger partial charge on any atom is 0.247 e. The monoisotopic (exact) mass is 264 g/mol. The van der Waals surface area contributed by atoms with Gasteiger partial charge in [0.1, 0.15) is 6.04 Å². The number of piperidine rings is 1. The van der Waals surface area contributed by atoms with Crippen molar-refractivity contribution in [2.24, 2.45) is 0 Å². The molecule has 0 saturated carbocycles. The lowest BCUT2D eigenvalue weighted by molar-refractivity contribution is -0.137. The summed E-state index contributed by atoms with van der Waals surface area (Å²) in [5.74, 6) is 0.192. The van der Waals surface area contributed by atoms with Crippen molar-refractivity contribution in [2.75, 3.05) is 19.6 Å². The summed E-state index contributed by atoms with van der Waals surface area (Å²) in [6.45, 7) is 6.91. The molecule has 1 aliphatic heterocycles. The summed E-state index contributed by atoms with van der Waals surface area (Å²) in [6, 6.07) is 2.03. The molecule has 2 rings (SSSR count). The van der Waals surface area contributed by atoms with Crippen LogP contribution in [0.3, 0.4) is 0 Å². The van der Waals surface area contributed by atoms with Gasteiger partial charge in [0.25, 0.3) is 0 Å². The Morgan fingerprint density at radius 3 is 2.84 bits per heavy atom. The SMILES string of the molecule is CCCN(C(=O)C(C)n1cccn1)C1CCNCC1. The minimum absolute atomic E-state index is 0.192. The van der Waals surface area contributed by atoms with Crippen molar-refractivity contribution in [1.82, 2.24) is 20.0 Å². The molecule has 2 heterocycles. The van der Waals surface area contributed by atoms with Crippen LogP contribution in [0.1, 0.15) is 39.2 Å². The minimum Gasteiger partial charge on any atom is -0.338 e. The summed E-state index contributed by atoms with van der Waals surface area (Å²) < 4.78 is 1.74. The molecule has 5 nitrogen and oxygen atoms in total. The van der Waals surface area contributed by atoms with Gasteiger partial charge in [-0.05, 0) is 45.3 Å². The number of carbonyl (C=O) groups excluding carboxylic acids is 1. The van der Waals surface area contributed by atoms with Crippen molar-refractivity contribution in [3.63, 3.8) is 0 Å². The van der Waals surface area contributed by atoms with E-state index < -0.39 is 0 Å². The number of carbonyl (C=O) groups is 1. The molecule has 1 aromatic heterocycles. The molecular formula is C14H24N4O. The number of nitrogens with zero attached hydrogens (tertiary/aromatic N) is 3. The van der Waals surface area contributed by atoms with Gasteiger partial charge in [0.2, 0.25) is 5.91 Å². The molecule has 19 heavy (non-hydrogen) atoms. The van der Waals surface area contributed by atoms with Gasteiger partial charge < -0.3 is 10.2 Å². The Bertz CT molecular complexity index is 384. The lowest BCUT2D eigenvalue weighted by Crippen LogP contribution is -2.48. The fourth-order valence-electron chi connectivity index (χ4n) is 2.69. The first kappa shape index (κ1) is 14.1. The molecule has 106 valence electrons. The zero-order valence-electron chi connectivity index (χ0n) is 11.9. The molecule has 0 radical (unpaired) electrons. The number of hydrogen-bond donors (Lipinski definition) is 1. The zero-order chi connectivity index (χ0) is 13.7. The van der Waals surface area contributed by atoms with Gasteiger partial charge in [-0.3, -0.25) is 9.48 Å². The third-order valence-corrected chi connectivity index (χ3v) is 3.78. The Morgan fingerprint density at radius 1 is 1.53 bits per heavy atom. The summed E-state index contributed by atoms with van der Waals surface area (Å²) >= 11 is 0. The Labute approximate surface area is 115 Å². The van der Waals surface area contributed by atoms with Crippen LogP contribution in [0, 0.1) is 0 Å². The summed E-state index contributed by atoms with van der Waals surface area (Å²) in [4.78, 5) is 14.7. The Hall–Kier alpha value is -1.36.